The lowest BCUT2D eigenvalue weighted by molar-refractivity contribution is 0.363. The van der Waals surface area contributed by atoms with Crippen molar-refractivity contribution in [2.45, 2.75) is 32.9 Å². The third-order valence-electron chi connectivity index (χ3n) is 2.70. The van der Waals surface area contributed by atoms with Gasteiger partial charge in [0.05, 0.1) is 6.20 Å². The molecule has 1 N–H and O–H groups in total. The first-order valence-corrected chi connectivity index (χ1v) is 6.07. The molecule has 0 radical (unpaired) electrons. The Balaban J connectivity index is 2.60. The van der Waals surface area contributed by atoms with E-state index in [0.717, 1.165) is 26.1 Å². The maximum absolute atomic E-state index is 4.33. The lowest BCUT2D eigenvalue weighted by Crippen LogP contribution is -2.25. The molecule has 4 nitrogen and oxygen atoms in total. The summed E-state index contributed by atoms with van der Waals surface area (Å²) in [4.78, 5) is 2.22. The van der Waals surface area contributed by atoms with Crippen LogP contribution in [0.4, 0.5) is 0 Å². The Morgan fingerprint density at radius 3 is 2.69 bits per heavy atom. The summed E-state index contributed by atoms with van der Waals surface area (Å²) in [5.74, 6) is 0. The number of nitrogens with one attached hydrogen (secondary N) is 1. The van der Waals surface area contributed by atoms with E-state index < -0.39 is 0 Å². The van der Waals surface area contributed by atoms with Crippen LogP contribution >= 0.6 is 0 Å². The highest BCUT2D eigenvalue weighted by molar-refractivity contribution is 5.10. The zero-order valence-corrected chi connectivity index (χ0v) is 10.9. The second kappa shape index (κ2) is 6.66. The molecule has 0 bridgehead atoms. The summed E-state index contributed by atoms with van der Waals surface area (Å²) in [5, 5.41) is 7.84. The van der Waals surface area contributed by atoms with Crippen LogP contribution in [-0.4, -0.2) is 41.9 Å². The lowest BCUT2D eigenvalue weighted by atomic mass is 10.1. The molecule has 0 aliphatic heterocycles. The molecule has 16 heavy (non-hydrogen) atoms. The highest BCUT2D eigenvalue weighted by Crippen LogP contribution is 2.16. The highest BCUT2D eigenvalue weighted by Gasteiger charge is 2.12. The molecular weight excluding hydrogens is 200 g/mol. The van der Waals surface area contributed by atoms with Crippen LogP contribution in [0.15, 0.2) is 12.4 Å². The molecule has 4 heteroatoms. The molecule has 0 fully saturated rings. The van der Waals surface area contributed by atoms with E-state index in [0.29, 0.717) is 6.04 Å². The quantitative estimate of drug-likeness (QED) is 0.762. The summed E-state index contributed by atoms with van der Waals surface area (Å²) in [6.07, 6.45) is 5.24. The van der Waals surface area contributed by atoms with Gasteiger partial charge in [-0.05, 0) is 40.5 Å². The van der Waals surface area contributed by atoms with Crippen molar-refractivity contribution in [3.63, 3.8) is 0 Å². The molecular formula is C12H24N4. The van der Waals surface area contributed by atoms with Gasteiger partial charge in [-0.3, -0.25) is 4.68 Å². The zero-order valence-electron chi connectivity index (χ0n) is 10.9. The topological polar surface area (TPSA) is 33.1 Å². The fraction of sp³-hybridized carbons (Fsp3) is 0.750. The van der Waals surface area contributed by atoms with E-state index in [4.69, 9.17) is 0 Å². The average Bonchev–Trinajstić information content (AvgIpc) is 2.72. The van der Waals surface area contributed by atoms with E-state index in [9.17, 15) is 0 Å². The van der Waals surface area contributed by atoms with Gasteiger partial charge in [0, 0.05) is 24.3 Å². The van der Waals surface area contributed by atoms with Gasteiger partial charge in [-0.15, -0.1) is 0 Å². The predicted molar refractivity (Wildman–Crippen MR) is 67.5 cm³/mol. The Kier molecular flexibility index (Phi) is 5.49. The van der Waals surface area contributed by atoms with Gasteiger partial charge in [0.15, 0.2) is 0 Å². The second-order valence-electron chi connectivity index (χ2n) is 4.33. The zero-order chi connectivity index (χ0) is 12.0. The molecule has 1 atom stereocenters. The summed E-state index contributed by atoms with van der Waals surface area (Å²) in [6, 6.07) is 0.424. The summed E-state index contributed by atoms with van der Waals surface area (Å²) in [6.45, 7) is 7.28. The summed E-state index contributed by atoms with van der Waals surface area (Å²) < 4.78 is 1.98. The van der Waals surface area contributed by atoms with Crippen molar-refractivity contribution in [1.29, 1.82) is 0 Å². The van der Waals surface area contributed by atoms with Crippen molar-refractivity contribution in [3.8, 4) is 0 Å². The number of aryl methyl sites for hydroxylation is 1. The monoisotopic (exact) mass is 224 g/mol. The normalized spacial score (nSPS) is 13.3. The van der Waals surface area contributed by atoms with Crippen LogP contribution in [0.5, 0.6) is 0 Å². The molecule has 1 unspecified atom stereocenters. The Morgan fingerprint density at radius 1 is 1.44 bits per heavy atom. The first-order valence-electron chi connectivity index (χ1n) is 6.07. The van der Waals surface area contributed by atoms with E-state index in [1.165, 1.54) is 5.56 Å². The summed E-state index contributed by atoms with van der Waals surface area (Å²) in [7, 11) is 4.22. The van der Waals surface area contributed by atoms with Gasteiger partial charge in [-0.1, -0.05) is 6.92 Å². The van der Waals surface area contributed by atoms with Crippen LogP contribution in [0.3, 0.4) is 0 Å². The molecule has 0 aliphatic carbocycles. The average molecular weight is 224 g/mol. The third-order valence-corrected chi connectivity index (χ3v) is 2.70. The van der Waals surface area contributed by atoms with Crippen molar-refractivity contribution >= 4 is 0 Å². The minimum Gasteiger partial charge on any atom is -0.310 e. The fourth-order valence-electron chi connectivity index (χ4n) is 1.75. The molecule has 92 valence electrons. The van der Waals surface area contributed by atoms with Crippen molar-refractivity contribution in [1.82, 2.24) is 20.0 Å². The largest absolute Gasteiger partial charge is 0.310 e. The Labute approximate surface area is 98.6 Å². The predicted octanol–water partition coefficient (Wildman–Crippen LogP) is 1.51. The smallest absolute Gasteiger partial charge is 0.0537 e. The fourth-order valence-corrected chi connectivity index (χ4v) is 1.75. The number of nitrogens with zero attached hydrogens (tertiary/aromatic N) is 3. The Morgan fingerprint density at radius 2 is 2.19 bits per heavy atom. The second-order valence-corrected chi connectivity index (χ2v) is 4.33. The van der Waals surface area contributed by atoms with Gasteiger partial charge in [0.25, 0.3) is 0 Å². The first-order chi connectivity index (χ1) is 7.67. The molecule has 1 rings (SSSR count). The van der Waals surface area contributed by atoms with E-state index >= 15 is 0 Å². The number of rotatable bonds is 7. The van der Waals surface area contributed by atoms with Crippen molar-refractivity contribution in [2.75, 3.05) is 27.2 Å². The first kappa shape index (κ1) is 13.2. The van der Waals surface area contributed by atoms with Crippen molar-refractivity contribution < 1.29 is 0 Å². The van der Waals surface area contributed by atoms with E-state index in [1.807, 2.05) is 10.9 Å². The highest BCUT2D eigenvalue weighted by atomic mass is 15.3. The minimum absolute atomic E-state index is 0.424. The van der Waals surface area contributed by atoms with E-state index in [2.05, 4.69) is 49.5 Å². The van der Waals surface area contributed by atoms with Gasteiger partial charge in [0.1, 0.15) is 0 Å². The van der Waals surface area contributed by atoms with Crippen LogP contribution in [0.25, 0.3) is 0 Å². The van der Waals surface area contributed by atoms with Crippen LogP contribution in [-0.2, 0) is 6.54 Å². The van der Waals surface area contributed by atoms with Crippen LogP contribution in [0, 0.1) is 0 Å². The van der Waals surface area contributed by atoms with Crippen LogP contribution in [0.1, 0.15) is 31.9 Å². The molecule has 0 saturated carbocycles. The van der Waals surface area contributed by atoms with Crippen molar-refractivity contribution in [3.05, 3.63) is 18.0 Å². The Bertz CT molecular complexity index is 293. The number of aromatic nitrogens is 2. The molecule has 0 saturated heterocycles. The SMILES string of the molecule is CCNC(CCN(C)C)c1cnn(CC)c1. The van der Waals surface area contributed by atoms with Gasteiger partial charge in [0.2, 0.25) is 0 Å². The molecule has 0 amide bonds. The maximum atomic E-state index is 4.33. The standard InChI is InChI=1S/C12H24N4/c1-5-13-12(7-8-15(3)4)11-9-14-16(6-2)10-11/h9-10,12-13H,5-8H2,1-4H3. The van der Waals surface area contributed by atoms with Crippen molar-refractivity contribution in [2.24, 2.45) is 0 Å². The molecule has 0 spiro atoms. The Hall–Kier alpha value is -0.870. The van der Waals surface area contributed by atoms with Crippen LogP contribution in [0.2, 0.25) is 0 Å². The molecule has 1 heterocycles. The number of hydrogen-bond acceptors (Lipinski definition) is 3. The summed E-state index contributed by atoms with van der Waals surface area (Å²) >= 11 is 0. The van der Waals surface area contributed by atoms with E-state index in [-0.39, 0.29) is 0 Å². The van der Waals surface area contributed by atoms with Gasteiger partial charge >= 0.3 is 0 Å². The molecule has 1 aromatic rings. The minimum atomic E-state index is 0.424. The molecule has 0 aliphatic rings. The van der Waals surface area contributed by atoms with E-state index in [1.54, 1.807) is 0 Å². The maximum Gasteiger partial charge on any atom is 0.0537 e. The lowest BCUT2D eigenvalue weighted by Gasteiger charge is -2.18. The summed E-state index contributed by atoms with van der Waals surface area (Å²) in [5.41, 5.74) is 1.30. The third kappa shape index (κ3) is 3.94. The molecule has 0 aromatic carbocycles. The van der Waals surface area contributed by atoms with Gasteiger partial charge < -0.3 is 10.2 Å². The van der Waals surface area contributed by atoms with Crippen LogP contribution < -0.4 is 5.32 Å². The van der Waals surface area contributed by atoms with Gasteiger partial charge in [-0.25, -0.2) is 0 Å². The number of hydrogen-bond donors (Lipinski definition) is 1. The van der Waals surface area contributed by atoms with Gasteiger partial charge in [-0.2, -0.15) is 5.10 Å². The molecule has 1 aromatic heterocycles.